The van der Waals surface area contributed by atoms with Gasteiger partial charge in [0.25, 0.3) is 0 Å². The molecule has 1 N–H and O–H groups in total. The Labute approximate surface area is 118 Å². The van der Waals surface area contributed by atoms with E-state index >= 15 is 0 Å². The van der Waals surface area contributed by atoms with Gasteiger partial charge in [0.05, 0.1) is 23.6 Å². The van der Waals surface area contributed by atoms with E-state index in [0.29, 0.717) is 5.56 Å². The van der Waals surface area contributed by atoms with Crippen LogP contribution in [0.2, 0.25) is 0 Å². The second kappa shape index (κ2) is 5.69. The van der Waals surface area contributed by atoms with Crippen molar-refractivity contribution in [2.45, 2.75) is 26.4 Å². The average Bonchev–Trinajstić information content (AvgIpc) is 2.39. The third kappa shape index (κ3) is 4.05. The summed E-state index contributed by atoms with van der Waals surface area (Å²) in [7, 11) is 0. The van der Waals surface area contributed by atoms with Crippen molar-refractivity contribution in [3.8, 4) is 0 Å². The highest BCUT2D eigenvalue weighted by atomic mass is 16.6. The SMILES string of the molecule is CC(C)(C)OC(=O)c1ccc(Nc2cncnc2)cc1. The quantitative estimate of drug-likeness (QED) is 0.869. The number of carbonyl (C=O) groups excluding carboxylic acids is 1. The lowest BCUT2D eigenvalue weighted by Gasteiger charge is -2.19. The zero-order chi connectivity index (χ0) is 14.6. The minimum absolute atomic E-state index is 0.327. The van der Waals surface area contributed by atoms with E-state index in [1.165, 1.54) is 6.33 Å². The van der Waals surface area contributed by atoms with Crippen molar-refractivity contribution in [2.75, 3.05) is 5.32 Å². The predicted octanol–water partition coefficient (Wildman–Crippen LogP) is 3.18. The molecule has 1 aromatic heterocycles. The summed E-state index contributed by atoms with van der Waals surface area (Å²) in [4.78, 5) is 19.7. The Balaban J connectivity index is 2.05. The zero-order valence-electron chi connectivity index (χ0n) is 11.8. The van der Waals surface area contributed by atoms with Gasteiger partial charge in [-0.1, -0.05) is 0 Å². The molecule has 0 aliphatic carbocycles. The highest BCUT2D eigenvalue weighted by Crippen LogP contribution is 2.17. The predicted molar refractivity (Wildman–Crippen MR) is 76.9 cm³/mol. The molecule has 0 aliphatic rings. The zero-order valence-corrected chi connectivity index (χ0v) is 11.8. The van der Waals surface area contributed by atoms with Crippen molar-refractivity contribution in [1.82, 2.24) is 9.97 Å². The first-order valence-electron chi connectivity index (χ1n) is 6.29. The number of carbonyl (C=O) groups is 1. The minimum atomic E-state index is -0.491. The number of ether oxygens (including phenoxy) is 1. The van der Waals surface area contributed by atoms with E-state index in [0.717, 1.165) is 11.4 Å². The summed E-state index contributed by atoms with van der Waals surface area (Å²) in [5.41, 5.74) is 1.68. The number of benzene rings is 1. The first-order chi connectivity index (χ1) is 9.44. The molecule has 1 aromatic carbocycles. The topological polar surface area (TPSA) is 64.1 Å². The van der Waals surface area contributed by atoms with Gasteiger partial charge in [0.2, 0.25) is 0 Å². The molecule has 0 radical (unpaired) electrons. The maximum Gasteiger partial charge on any atom is 0.338 e. The van der Waals surface area contributed by atoms with E-state index in [4.69, 9.17) is 4.74 Å². The molecule has 0 unspecified atom stereocenters. The second-order valence-corrected chi connectivity index (χ2v) is 5.33. The Morgan fingerprint density at radius 3 is 2.20 bits per heavy atom. The van der Waals surface area contributed by atoms with Crippen LogP contribution in [0.4, 0.5) is 11.4 Å². The second-order valence-electron chi connectivity index (χ2n) is 5.33. The molecule has 5 heteroatoms. The van der Waals surface area contributed by atoms with E-state index in [9.17, 15) is 4.79 Å². The van der Waals surface area contributed by atoms with Crippen molar-refractivity contribution < 1.29 is 9.53 Å². The fourth-order valence-corrected chi connectivity index (χ4v) is 1.56. The summed E-state index contributed by atoms with van der Waals surface area (Å²) >= 11 is 0. The van der Waals surface area contributed by atoms with Crippen LogP contribution in [0.5, 0.6) is 0 Å². The van der Waals surface area contributed by atoms with Crippen LogP contribution >= 0.6 is 0 Å². The van der Waals surface area contributed by atoms with E-state index < -0.39 is 5.60 Å². The Kier molecular flexibility index (Phi) is 3.98. The van der Waals surface area contributed by atoms with Gasteiger partial charge in [-0.3, -0.25) is 0 Å². The Morgan fingerprint density at radius 1 is 1.05 bits per heavy atom. The Morgan fingerprint density at radius 2 is 1.65 bits per heavy atom. The molecule has 20 heavy (non-hydrogen) atoms. The maximum absolute atomic E-state index is 11.9. The van der Waals surface area contributed by atoms with Gasteiger partial charge in [0.1, 0.15) is 11.9 Å². The van der Waals surface area contributed by atoms with Gasteiger partial charge in [0, 0.05) is 5.69 Å². The Bertz CT molecular complexity index is 574. The monoisotopic (exact) mass is 271 g/mol. The number of nitrogens with zero attached hydrogens (tertiary/aromatic N) is 2. The fraction of sp³-hybridized carbons (Fsp3) is 0.267. The third-order valence-corrected chi connectivity index (χ3v) is 2.37. The molecule has 0 bridgehead atoms. The van der Waals surface area contributed by atoms with Crippen LogP contribution in [0.25, 0.3) is 0 Å². The number of hydrogen-bond acceptors (Lipinski definition) is 5. The molecule has 0 saturated heterocycles. The number of aromatic nitrogens is 2. The van der Waals surface area contributed by atoms with Crippen molar-refractivity contribution in [3.05, 3.63) is 48.5 Å². The van der Waals surface area contributed by atoms with Crippen LogP contribution in [-0.4, -0.2) is 21.5 Å². The Hall–Kier alpha value is -2.43. The molecule has 0 spiro atoms. The van der Waals surface area contributed by atoms with Crippen molar-refractivity contribution in [3.63, 3.8) is 0 Å². The van der Waals surface area contributed by atoms with E-state index in [1.54, 1.807) is 24.5 Å². The van der Waals surface area contributed by atoms with Crippen LogP contribution in [0, 0.1) is 0 Å². The van der Waals surface area contributed by atoms with E-state index in [-0.39, 0.29) is 5.97 Å². The molecule has 1 heterocycles. The van der Waals surface area contributed by atoms with Gasteiger partial charge in [-0.05, 0) is 45.0 Å². The lowest BCUT2D eigenvalue weighted by Crippen LogP contribution is -2.23. The molecule has 0 saturated carbocycles. The first kappa shape index (κ1) is 14.0. The lowest BCUT2D eigenvalue weighted by atomic mass is 10.1. The van der Waals surface area contributed by atoms with Crippen molar-refractivity contribution in [2.24, 2.45) is 0 Å². The molecule has 0 aliphatic heterocycles. The summed E-state index contributed by atoms with van der Waals surface area (Å²) in [5, 5.41) is 3.14. The smallest absolute Gasteiger partial charge is 0.338 e. The minimum Gasteiger partial charge on any atom is -0.456 e. The van der Waals surface area contributed by atoms with Gasteiger partial charge in [-0.25, -0.2) is 14.8 Å². The summed E-state index contributed by atoms with van der Waals surface area (Å²) < 4.78 is 5.30. The highest BCUT2D eigenvalue weighted by Gasteiger charge is 2.17. The van der Waals surface area contributed by atoms with Gasteiger partial charge in [-0.2, -0.15) is 0 Å². The van der Waals surface area contributed by atoms with Crippen LogP contribution in [0.1, 0.15) is 31.1 Å². The maximum atomic E-state index is 11.9. The average molecular weight is 271 g/mol. The molecule has 2 rings (SSSR count). The molecule has 0 atom stereocenters. The lowest BCUT2D eigenvalue weighted by molar-refractivity contribution is 0.00696. The molecular weight excluding hydrogens is 254 g/mol. The number of esters is 1. The molecule has 104 valence electrons. The molecular formula is C15H17N3O2. The molecule has 5 nitrogen and oxygen atoms in total. The van der Waals surface area contributed by atoms with Gasteiger partial charge >= 0.3 is 5.97 Å². The third-order valence-electron chi connectivity index (χ3n) is 2.37. The standard InChI is InChI=1S/C15H17N3O2/c1-15(2,3)20-14(19)11-4-6-12(7-5-11)18-13-8-16-10-17-9-13/h4-10,18H,1-3H3. The van der Waals surface area contributed by atoms with Crippen LogP contribution in [-0.2, 0) is 4.74 Å². The van der Waals surface area contributed by atoms with Crippen LogP contribution in [0.3, 0.4) is 0 Å². The largest absolute Gasteiger partial charge is 0.456 e. The van der Waals surface area contributed by atoms with Crippen molar-refractivity contribution >= 4 is 17.3 Å². The molecule has 2 aromatic rings. The van der Waals surface area contributed by atoms with Gasteiger partial charge < -0.3 is 10.1 Å². The number of hydrogen-bond donors (Lipinski definition) is 1. The summed E-state index contributed by atoms with van der Waals surface area (Å²) in [6, 6.07) is 7.07. The normalized spacial score (nSPS) is 10.9. The van der Waals surface area contributed by atoms with E-state index in [2.05, 4.69) is 15.3 Å². The van der Waals surface area contributed by atoms with E-state index in [1.807, 2.05) is 32.9 Å². The molecule has 0 fully saturated rings. The van der Waals surface area contributed by atoms with Gasteiger partial charge in [-0.15, -0.1) is 0 Å². The van der Waals surface area contributed by atoms with Crippen molar-refractivity contribution in [1.29, 1.82) is 0 Å². The summed E-state index contributed by atoms with van der Waals surface area (Å²) in [6.45, 7) is 5.53. The summed E-state index contributed by atoms with van der Waals surface area (Å²) in [6.07, 6.45) is 4.82. The fourth-order valence-electron chi connectivity index (χ4n) is 1.56. The van der Waals surface area contributed by atoms with Gasteiger partial charge in [0.15, 0.2) is 0 Å². The highest BCUT2D eigenvalue weighted by molar-refractivity contribution is 5.90. The van der Waals surface area contributed by atoms with Crippen LogP contribution in [0.15, 0.2) is 43.0 Å². The first-order valence-corrected chi connectivity index (χ1v) is 6.29. The number of anilines is 2. The number of rotatable bonds is 3. The molecule has 0 amide bonds. The summed E-state index contributed by atoms with van der Waals surface area (Å²) in [5.74, 6) is -0.327. The van der Waals surface area contributed by atoms with Crippen LogP contribution < -0.4 is 5.32 Å². The number of nitrogens with one attached hydrogen (secondary N) is 1.